The summed E-state index contributed by atoms with van der Waals surface area (Å²) in [6, 6.07) is 11.6. The van der Waals surface area contributed by atoms with Gasteiger partial charge in [0.1, 0.15) is 0 Å². The third kappa shape index (κ3) is 4.47. The Morgan fingerprint density at radius 1 is 1.14 bits per heavy atom. The van der Waals surface area contributed by atoms with Crippen molar-refractivity contribution in [3.05, 3.63) is 59.9 Å². The van der Waals surface area contributed by atoms with Crippen LogP contribution in [0, 0.1) is 0 Å². The van der Waals surface area contributed by atoms with E-state index in [1.807, 2.05) is 18.2 Å². The Bertz CT molecular complexity index is 726. The maximum Gasteiger partial charge on any atom is 0.240 e. The van der Waals surface area contributed by atoms with Gasteiger partial charge in [0.05, 0.1) is 4.90 Å². The Morgan fingerprint density at radius 3 is 2.45 bits per heavy atom. The van der Waals surface area contributed by atoms with Gasteiger partial charge in [0.15, 0.2) is 5.78 Å². The molecule has 2 rings (SSSR count). The summed E-state index contributed by atoms with van der Waals surface area (Å²) in [5, 5.41) is 0. The number of pyridine rings is 1. The zero-order valence-electron chi connectivity index (χ0n) is 12.3. The highest BCUT2D eigenvalue weighted by atomic mass is 32.2. The van der Waals surface area contributed by atoms with Crippen LogP contribution in [0.2, 0.25) is 0 Å². The van der Waals surface area contributed by atoms with Crippen LogP contribution in [0.4, 0.5) is 0 Å². The lowest BCUT2D eigenvalue weighted by Crippen LogP contribution is -2.25. The standard InChI is InChI=1S/C16H18N2O3S/c1-13(19)14-7-9-16(10-8-14)22(20,21)18-12-4-6-15-5-2-3-11-17-15/h2-3,5,7-11,18H,4,6,12H2,1H3. The quantitative estimate of drug-likeness (QED) is 0.627. The number of Topliss-reactive ketones (excluding diaryl/α,β-unsaturated/α-hetero) is 1. The van der Waals surface area contributed by atoms with Crippen LogP contribution >= 0.6 is 0 Å². The molecule has 22 heavy (non-hydrogen) atoms. The van der Waals surface area contributed by atoms with E-state index in [1.54, 1.807) is 6.20 Å². The van der Waals surface area contributed by atoms with Gasteiger partial charge in [-0.1, -0.05) is 18.2 Å². The summed E-state index contributed by atoms with van der Waals surface area (Å²) in [6.07, 6.45) is 3.10. The number of carbonyl (C=O) groups is 1. The van der Waals surface area contributed by atoms with Gasteiger partial charge in [0.2, 0.25) is 10.0 Å². The average Bonchev–Trinajstić information content (AvgIpc) is 2.53. The fourth-order valence-electron chi connectivity index (χ4n) is 1.97. The van der Waals surface area contributed by atoms with E-state index < -0.39 is 10.0 Å². The van der Waals surface area contributed by atoms with Crippen molar-refractivity contribution in [3.63, 3.8) is 0 Å². The molecule has 1 aromatic heterocycles. The second-order valence-corrected chi connectivity index (χ2v) is 6.67. The Hall–Kier alpha value is -2.05. The highest BCUT2D eigenvalue weighted by Gasteiger charge is 2.13. The van der Waals surface area contributed by atoms with E-state index >= 15 is 0 Å². The Labute approximate surface area is 130 Å². The van der Waals surface area contributed by atoms with E-state index in [2.05, 4.69) is 9.71 Å². The van der Waals surface area contributed by atoms with E-state index in [-0.39, 0.29) is 10.7 Å². The number of aromatic nitrogens is 1. The van der Waals surface area contributed by atoms with Crippen molar-refractivity contribution in [2.75, 3.05) is 6.54 Å². The zero-order valence-corrected chi connectivity index (χ0v) is 13.1. The van der Waals surface area contributed by atoms with Gasteiger partial charge in [-0.15, -0.1) is 0 Å². The summed E-state index contributed by atoms with van der Waals surface area (Å²) in [6.45, 7) is 1.78. The first kappa shape index (κ1) is 16.3. The van der Waals surface area contributed by atoms with Crippen molar-refractivity contribution in [1.82, 2.24) is 9.71 Å². The molecule has 0 unspecified atom stereocenters. The number of sulfonamides is 1. The summed E-state index contributed by atoms with van der Waals surface area (Å²) < 4.78 is 26.8. The number of hydrogen-bond donors (Lipinski definition) is 1. The van der Waals surface area contributed by atoms with Crippen LogP contribution in [-0.4, -0.2) is 25.7 Å². The molecule has 0 amide bonds. The molecule has 0 saturated carbocycles. The van der Waals surface area contributed by atoms with E-state index in [9.17, 15) is 13.2 Å². The number of nitrogens with one attached hydrogen (secondary N) is 1. The summed E-state index contributed by atoms with van der Waals surface area (Å²) in [7, 11) is -3.54. The lowest BCUT2D eigenvalue weighted by molar-refractivity contribution is 0.101. The van der Waals surface area contributed by atoms with Crippen LogP contribution in [0.15, 0.2) is 53.6 Å². The van der Waals surface area contributed by atoms with E-state index in [4.69, 9.17) is 0 Å². The molecule has 0 aliphatic rings. The minimum absolute atomic E-state index is 0.0905. The summed E-state index contributed by atoms with van der Waals surface area (Å²) in [5.74, 6) is -0.0905. The topological polar surface area (TPSA) is 76.1 Å². The predicted octanol–water partition coefficient (Wildman–Crippen LogP) is 2.20. The molecule has 0 saturated heterocycles. The van der Waals surface area contributed by atoms with Crippen molar-refractivity contribution in [3.8, 4) is 0 Å². The van der Waals surface area contributed by atoms with Gasteiger partial charge in [-0.05, 0) is 44.0 Å². The van der Waals surface area contributed by atoms with Crippen molar-refractivity contribution >= 4 is 15.8 Å². The van der Waals surface area contributed by atoms with Crippen LogP contribution in [-0.2, 0) is 16.4 Å². The summed E-state index contributed by atoms with van der Waals surface area (Å²) in [5.41, 5.74) is 1.43. The molecular formula is C16H18N2O3S. The van der Waals surface area contributed by atoms with Gasteiger partial charge in [0, 0.05) is 24.0 Å². The van der Waals surface area contributed by atoms with Gasteiger partial charge in [0.25, 0.3) is 0 Å². The Morgan fingerprint density at radius 2 is 1.86 bits per heavy atom. The molecule has 0 fully saturated rings. The SMILES string of the molecule is CC(=O)c1ccc(S(=O)(=O)NCCCc2ccccn2)cc1. The lowest BCUT2D eigenvalue weighted by atomic mass is 10.2. The third-order valence-corrected chi connectivity index (χ3v) is 4.68. The highest BCUT2D eigenvalue weighted by Crippen LogP contribution is 2.11. The zero-order chi connectivity index (χ0) is 16.0. The molecule has 6 heteroatoms. The van der Waals surface area contributed by atoms with Gasteiger partial charge in [-0.3, -0.25) is 9.78 Å². The second kappa shape index (κ2) is 7.29. The van der Waals surface area contributed by atoms with Gasteiger partial charge in [-0.25, -0.2) is 13.1 Å². The monoisotopic (exact) mass is 318 g/mol. The van der Waals surface area contributed by atoms with Crippen LogP contribution in [0.1, 0.15) is 29.4 Å². The van der Waals surface area contributed by atoms with E-state index in [0.717, 1.165) is 5.69 Å². The molecule has 116 valence electrons. The molecule has 0 radical (unpaired) electrons. The predicted molar refractivity (Wildman–Crippen MR) is 84.2 cm³/mol. The summed E-state index contributed by atoms with van der Waals surface area (Å²) >= 11 is 0. The van der Waals surface area contributed by atoms with Gasteiger partial charge in [-0.2, -0.15) is 0 Å². The van der Waals surface area contributed by atoms with Crippen LogP contribution in [0.5, 0.6) is 0 Å². The van der Waals surface area contributed by atoms with E-state index in [0.29, 0.717) is 24.9 Å². The molecular weight excluding hydrogens is 300 g/mol. The molecule has 1 aromatic carbocycles. The molecule has 1 heterocycles. The van der Waals surface area contributed by atoms with E-state index in [1.165, 1.54) is 31.2 Å². The smallest absolute Gasteiger partial charge is 0.240 e. The van der Waals surface area contributed by atoms with Crippen molar-refractivity contribution in [1.29, 1.82) is 0 Å². The molecule has 0 spiro atoms. The molecule has 0 aliphatic heterocycles. The van der Waals surface area contributed by atoms with Crippen molar-refractivity contribution in [2.45, 2.75) is 24.7 Å². The number of nitrogens with zero attached hydrogens (tertiary/aromatic N) is 1. The number of rotatable bonds is 7. The minimum atomic E-state index is -3.54. The Balaban J connectivity index is 1.89. The third-order valence-electron chi connectivity index (χ3n) is 3.20. The summed E-state index contributed by atoms with van der Waals surface area (Å²) in [4.78, 5) is 15.5. The van der Waals surface area contributed by atoms with Crippen LogP contribution in [0.25, 0.3) is 0 Å². The van der Waals surface area contributed by atoms with Gasteiger partial charge >= 0.3 is 0 Å². The van der Waals surface area contributed by atoms with Crippen LogP contribution < -0.4 is 4.72 Å². The van der Waals surface area contributed by atoms with Gasteiger partial charge < -0.3 is 0 Å². The minimum Gasteiger partial charge on any atom is -0.295 e. The molecule has 2 aromatic rings. The molecule has 0 bridgehead atoms. The van der Waals surface area contributed by atoms with Crippen LogP contribution in [0.3, 0.4) is 0 Å². The van der Waals surface area contributed by atoms with Crippen molar-refractivity contribution < 1.29 is 13.2 Å². The Kier molecular flexibility index (Phi) is 5.41. The first-order chi connectivity index (χ1) is 10.5. The molecule has 0 atom stereocenters. The highest BCUT2D eigenvalue weighted by molar-refractivity contribution is 7.89. The average molecular weight is 318 g/mol. The maximum atomic E-state index is 12.1. The maximum absolute atomic E-state index is 12.1. The van der Waals surface area contributed by atoms with Crippen molar-refractivity contribution in [2.24, 2.45) is 0 Å². The molecule has 5 nitrogen and oxygen atoms in total. The molecule has 1 N–H and O–H groups in total. The lowest BCUT2D eigenvalue weighted by Gasteiger charge is -2.07. The fourth-order valence-corrected chi connectivity index (χ4v) is 3.05. The normalized spacial score (nSPS) is 11.3. The number of benzene rings is 1. The molecule has 0 aliphatic carbocycles. The second-order valence-electron chi connectivity index (χ2n) is 4.90. The number of ketones is 1. The number of aryl methyl sites for hydroxylation is 1. The number of hydrogen-bond acceptors (Lipinski definition) is 4. The fraction of sp³-hybridized carbons (Fsp3) is 0.250. The first-order valence-corrected chi connectivity index (χ1v) is 8.48. The number of carbonyl (C=O) groups excluding carboxylic acids is 1. The first-order valence-electron chi connectivity index (χ1n) is 6.99. The largest absolute Gasteiger partial charge is 0.295 e.